The molecule has 0 radical (unpaired) electrons. The second-order valence-corrected chi connectivity index (χ2v) is 4.23. The summed E-state index contributed by atoms with van der Waals surface area (Å²) in [5.74, 6) is -0.905. The molecular weight excluding hydrogens is 234 g/mol. The third-order valence-corrected chi connectivity index (χ3v) is 2.48. The highest BCUT2D eigenvalue weighted by molar-refractivity contribution is 6.02. The van der Waals surface area contributed by atoms with Crippen LogP contribution in [0.1, 0.15) is 31.7 Å². The minimum Gasteiger partial charge on any atom is -0.495 e. The van der Waals surface area contributed by atoms with Crippen molar-refractivity contribution in [2.45, 2.75) is 26.2 Å². The molecule has 0 bridgehead atoms. The molecule has 1 rings (SSSR count). The van der Waals surface area contributed by atoms with Crippen molar-refractivity contribution in [3.8, 4) is 5.75 Å². The SMILES string of the molecule is COc1ccc(C(C)C)cc1NC(=O)CC(=O)O. The number of aliphatic carboxylic acids is 1. The molecule has 18 heavy (non-hydrogen) atoms. The van der Waals surface area contributed by atoms with Crippen LogP contribution in [0.5, 0.6) is 5.75 Å². The molecule has 0 saturated carbocycles. The summed E-state index contributed by atoms with van der Waals surface area (Å²) in [6.07, 6.45) is -0.560. The Hall–Kier alpha value is -2.04. The minimum atomic E-state index is -1.16. The minimum absolute atomic E-state index is 0.311. The van der Waals surface area contributed by atoms with Crippen LogP contribution in [0.3, 0.4) is 0 Å². The number of hydrogen-bond donors (Lipinski definition) is 2. The summed E-state index contributed by atoms with van der Waals surface area (Å²) in [7, 11) is 1.50. The Labute approximate surface area is 106 Å². The van der Waals surface area contributed by atoms with Crippen molar-refractivity contribution in [3.63, 3.8) is 0 Å². The highest BCUT2D eigenvalue weighted by Gasteiger charge is 2.12. The Morgan fingerprint density at radius 2 is 2.06 bits per heavy atom. The molecule has 1 aromatic rings. The van der Waals surface area contributed by atoms with Crippen LogP contribution >= 0.6 is 0 Å². The zero-order chi connectivity index (χ0) is 13.7. The van der Waals surface area contributed by atoms with Gasteiger partial charge in [0, 0.05) is 0 Å². The van der Waals surface area contributed by atoms with Gasteiger partial charge in [0.1, 0.15) is 12.2 Å². The van der Waals surface area contributed by atoms with E-state index in [9.17, 15) is 9.59 Å². The summed E-state index contributed by atoms with van der Waals surface area (Å²) in [6.45, 7) is 4.06. The van der Waals surface area contributed by atoms with Crippen LogP contribution in [0.4, 0.5) is 5.69 Å². The van der Waals surface area contributed by atoms with Gasteiger partial charge in [0.2, 0.25) is 5.91 Å². The van der Waals surface area contributed by atoms with E-state index in [1.165, 1.54) is 7.11 Å². The Bertz CT molecular complexity index is 454. The van der Waals surface area contributed by atoms with E-state index in [-0.39, 0.29) is 0 Å². The topological polar surface area (TPSA) is 75.6 Å². The number of carbonyl (C=O) groups is 2. The van der Waals surface area contributed by atoms with Gasteiger partial charge >= 0.3 is 5.97 Å². The van der Waals surface area contributed by atoms with Crippen molar-refractivity contribution in [3.05, 3.63) is 23.8 Å². The normalized spacial score (nSPS) is 10.2. The number of carbonyl (C=O) groups excluding carboxylic acids is 1. The Balaban J connectivity index is 2.94. The molecule has 0 aliphatic rings. The average Bonchev–Trinajstić information content (AvgIpc) is 2.27. The smallest absolute Gasteiger partial charge is 0.312 e. The van der Waals surface area contributed by atoms with E-state index in [1.54, 1.807) is 12.1 Å². The third kappa shape index (κ3) is 3.76. The second kappa shape index (κ2) is 6.05. The fraction of sp³-hybridized carbons (Fsp3) is 0.385. The molecule has 98 valence electrons. The van der Waals surface area contributed by atoms with E-state index in [1.807, 2.05) is 19.9 Å². The van der Waals surface area contributed by atoms with E-state index in [0.29, 0.717) is 17.4 Å². The first-order valence-corrected chi connectivity index (χ1v) is 5.63. The molecule has 0 heterocycles. The molecule has 0 aliphatic heterocycles. The molecule has 0 aliphatic carbocycles. The Kier molecular flexibility index (Phi) is 4.71. The second-order valence-electron chi connectivity index (χ2n) is 4.23. The monoisotopic (exact) mass is 251 g/mol. The largest absolute Gasteiger partial charge is 0.495 e. The maximum atomic E-state index is 11.4. The predicted octanol–water partition coefficient (Wildman–Crippen LogP) is 2.23. The van der Waals surface area contributed by atoms with Gasteiger partial charge in [0.15, 0.2) is 0 Å². The number of benzene rings is 1. The molecule has 5 heteroatoms. The molecule has 0 unspecified atom stereocenters. The number of amides is 1. The molecule has 0 saturated heterocycles. The molecule has 0 aromatic heterocycles. The van der Waals surface area contributed by atoms with Gasteiger partial charge in [-0.15, -0.1) is 0 Å². The summed E-state index contributed by atoms with van der Waals surface area (Å²) < 4.78 is 5.12. The molecule has 2 N–H and O–H groups in total. The zero-order valence-corrected chi connectivity index (χ0v) is 10.7. The summed E-state index contributed by atoms with van der Waals surface area (Å²) in [6, 6.07) is 5.46. The molecule has 0 fully saturated rings. The fourth-order valence-electron chi connectivity index (χ4n) is 1.51. The number of hydrogen-bond acceptors (Lipinski definition) is 3. The van der Waals surface area contributed by atoms with Gasteiger partial charge in [-0.05, 0) is 23.6 Å². The molecule has 5 nitrogen and oxygen atoms in total. The van der Waals surface area contributed by atoms with Gasteiger partial charge in [0.05, 0.1) is 12.8 Å². The first kappa shape index (κ1) is 14.0. The van der Waals surface area contributed by atoms with Crippen molar-refractivity contribution in [1.82, 2.24) is 0 Å². The number of rotatable bonds is 5. The van der Waals surface area contributed by atoms with Crippen LogP contribution in [0.2, 0.25) is 0 Å². The Morgan fingerprint density at radius 1 is 1.39 bits per heavy atom. The summed E-state index contributed by atoms with van der Waals surface area (Å²) in [5, 5.41) is 11.1. The predicted molar refractivity (Wildman–Crippen MR) is 68.0 cm³/mol. The van der Waals surface area contributed by atoms with E-state index < -0.39 is 18.3 Å². The van der Waals surface area contributed by atoms with Crippen LogP contribution < -0.4 is 10.1 Å². The fourth-order valence-corrected chi connectivity index (χ4v) is 1.51. The van der Waals surface area contributed by atoms with Crippen LogP contribution in [0, 0.1) is 0 Å². The average molecular weight is 251 g/mol. The quantitative estimate of drug-likeness (QED) is 0.787. The lowest BCUT2D eigenvalue weighted by Crippen LogP contribution is -2.16. The van der Waals surface area contributed by atoms with Crippen molar-refractivity contribution < 1.29 is 19.4 Å². The van der Waals surface area contributed by atoms with E-state index >= 15 is 0 Å². The lowest BCUT2D eigenvalue weighted by molar-refractivity contribution is -0.139. The van der Waals surface area contributed by atoms with Crippen molar-refractivity contribution in [2.75, 3.05) is 12.4 Å². The molecule has 1 aromatic carbocycles. The number of methoxy groups -OCH3 is 1. The van der Waals surface area contributed by atoms with Crippen LogP contribution in [-0.4, -0.2) is 24.1 Å². The summed E-state index contributed by atoms with van der Waals surface area (Å²) in [5.41, 5.74) is 1.54. The van der Waals surface area contributed by atoms with Crippen LogP contribution in [0.15, 0.2) is 18.2 Å². The third-order valence-electron chi connectivity index (χ3n) is 2.48. The summed E-state index contributed by atoms with van der Waals surface area (Å²) >= 11 is 0. The standard InChI is InChI=1S/C13H17NO4/c1-8(2)9-4-5-11(18-3)10(6-9)14-12(15)7-13(16)17/h4-6,8H,7H2,1-3H3,(H,14,15)(H,16,17). The van der Waals surface area contributed by atoms with Crippen molar-refractivity contribution >= 4 is 17.6 Å². The Morgan fingerprint density at radius 3 is 2.56 bits per heavy atom. The lowest BCUT2D eigenvalue weighted by Gasteiger charge is -2.13. The first-order valence-electron chi connectivity index (χ1n) is 5.63. The number of carboxylic acids is 1. The van der Waals surface area contributed by atoms with Gasteiger partial charge < -0.3 is 15.2 Å². The zero-order valence-electron chi connectivity index (χ0n) is 10.7. The highest BCUT2D eigenvalue weighted by atomic mass is 16.5. The number of ether oxygens (including phenoxy) is 1. The molecule has 0 atom stereocenters. The van der Waals surface area contributed by atoms with Gasteiger partial charge in [-0.3, -0.25) is 9.59 Å². The first-order chi connectivity index (χ1) is 8.43. The van der Waals surface area contributed by atoms with E-state index in [2.05, 4.69) is 5.32 Å². The van der Waals surface area contributed by atoms with Gasteiger partial charge in [-0.1, -0.05) is 19.9 Å². The lowest BCUT2D eigenvalue weighted by atomic mass is 10.0. The summed E-state index contributed by atoms with van der Waals surface area (Å²) in [4.78, 5) is 21.9. The molecule has 1 amide bonds. The molecule has 0 spiro atoms. The van der Waals surface area contributed by atoms with Crippen LogP contribution in [-0.2, 0) is 9.59 Å². The maximum Gasteiger partial charge on any atom is 0.312 e. The highest BCUT2D eigenvalue weighted by Crippen LogP contribution is 2.28. The number of carboxylic acid groups (broad SMARTS) is 1. The van der Waals surface area contributed by atoms with Crippen molar-refractivity contribution in [2.24, 2.45) is 0 Å². The van der Waals surface area contributed by atoms with E-state index in [0.717, 1.165) is 5.56 Å². The van der Waals surface area contributed by atoms with Crippen LogP contribution in [0.25, 0.3) is 0 Å². The van der Waals surface area contributed by atoms with Gasteiger partial charge in [-0.2, -0.15) is 0 Å². The van der Waals surface area contributed by atoms with E-state index in [4.69, 9.17) is 9.84 Å². The number of anilines is 1. The molecular formula is C13H17NO4. The maximum absolute atomic E-state index is 11.4. The van der Waals surface area contributed by atoms with Crippen molar-refractivity contribution in [1.29, 1.82) is 0 Å². The number of nitrogens with one attached hydrogen (secondary N) is 1. The van der Waals surface area contributed by atoms with Gasteiger partial charge in [0.25, 0.3) is 0 Å². The van der Waals surface area contributed by atoms with Gasteiger partial charge in [-0.25, -0.2) is 0 Å².